The van der Waals surface area contributed by atoms with Gasteiger partial charge >= 0.3 is 11.9 Å². The molecule has 4 nitrogen and oxygen atoms in total. The van der Waals surface area contributed by atoms with Crippen molar-refractivity contribution in [1.29, 1.82) is 0 Å². The third-order valence-electron chi connectivity index (χ3n) is 6.95. The van der Waals surface area contributed by atoms with Crippen LogP contribution in [0.15, 0.2) is 30.3 Å². The van der Waals surface area contributed by atoms with Gasteiger partial charge in [-0.25, -0.2) is 4.79 Å². The lowest BCUT2D eigenvalue weighted by atomic mass is 9.70. The minimum Gasteiger partial charge on any atom is -0.462 e. The molecule has 0 saturated heterocycles. The van der Waals surface area contributed by atoms with Gasteiger partial charge in [-0.2, -0.15) is 0 Å². The Morgan fingerprint density at radius 1 is 0.871 bits per heavy atom. The maximum Gasteiger partial charge on any atom is 0.330 e. The van der Waals surface area contributed by atoms with E-state index in [9.17, 15) is 9.59 Å². The Kier molecular flexibility index (Phi) is 9.17. The molecular formula is C27H38O4. The van der Waals surface area contributed by atoms with E-state index in [0.29, 0.717) is 5.92 Å². The fraction of sp³-hybridized carbons (Fsp3) is 0.630. The van der Waals surface area contributed by atoms with E-state index in [0.717, 1.165) is 17.4 Å². The molecule has 170 valence electrons. The molecule has 0 amide bonds. The summed E-state index contributed by atoms with van der Waals surface area (Å²) in [5, 5.41) is 0. The van der Waals surface area contributed by atoms with Gasteiger partial charge in [-0.15, -0.1) is 0 Å². The van der Waals surface area contributed by atoms with Crippen molar-refractivity contribution >= 4 is 18.0 Å². The van der Waals surface area contributed by atoms with E-state index in [1.165, 1.54) is 69.4 Å². The molecule has 4 heteroatoms. The molecule has 0 radical (unpaired) electrons. The SMILES string of the molecule is CC(C)C(=O)OCCOC(=O)/C=C/c1ccc(C2CCC(C3CCCCC3)CC2)cc1. The first-order valence-electron chi connectivity index (χ1n) is 12.1. The van der Waals surface area contributed by atoms with Crippen LogP contribution in [-0.2, 0) is 19.1 Å². The van der Waals surface area contributed by atoms with Gasteiger partial charge in [0.2, 0.25) is 0 Å². The summed E-state index contributed by atoms with van der Waals surface area (Å²) in [6.07, 6.45) is 15.8. The highest BCUT2D eigenvalue weighted by atomic mass is 16.6. The normalized spacial score (nSPS) is 22.5. The predicted molar refractivity (Wildman–Crippen MR) is 124 cm³/mol. The molecule has 2 aliphatic carbocycles. The number of carbonyl (C=O) groups excluding carboxylic acids is 2. The maximum absolute atomic E-state index is 11.8. The number of rotatable bonds is 8. The molecule has 2 aliphatic rings. The van der Waals surface area contributed by atoms with Crippen molar-refractivity contribution in [2.75, 3.05) is 13.2 Å². The Balaban J connectivity index is 1.38. The van der Waals surface area contributed by atoms with Crippen molar-refractivity contribution < 1.29 is 19.1 Å². The van der Waals surface area contributed by atoms with Gasteiger partial charge in [0, 0.05) is 6.08 Å². The number of ether oxygens (including phenoxy) is 2. The van der Waals surface area contributed by atoms with Crippen molar-refractivity contribution in [3.63, 3.8) is 0 Å². The van der Waals surface area contributed by atoms with E-state index in [-0.39, 0.29) is 25.1 Å². The van der Waals surface area contributed by atoms with Crippen LogP contribution in [0.1, 0.15) is 88.7 Å². The second-order valence-corrected chi connectivity index (χ2v) is 9.50. The summed E-state index contributed by atoms with van der Waals surface area (Å²) in [5.74, 6) is 1.74. The number of benzene rings is 1. The summed E-state index contributed by atoms with van der Waals surface area (Å²) in [6, 6.07) is 8.58. The monoisotopic (exact) mass is 426 g/mol. The zero-order valence-corrected chi connectivity index (χ0v) is 19.2. The van der Waals surface area contributed by atoms with Gasteiger partial charge in [-0.1, -0.05) is 70.2 Å². The molecule has 0 N–H and O–H groups in total. The summed E-state index contributed by atoms with van der Waals surface area (Å²) in [6.45, 7) is 3.70. The minimum atomic E-state index is -0.425. The molecule has 0 heterocycles. The van der Waals surface area contributed by atoms with E-state index in [1.807, 2.05) is 0 Å². The van der Waals surface area contributed by atoms with E-state index in [4.69, 9.17) is 9.47 Å². The fourth-order valence-corrected chi connectivity index (χ4v) is 5.07. The first kappa shape index (κ1) is 23.6. The topological polar surface area (TPSA) is 52.6 Å². The van der Waals surface area contributed by atoms with E-state index in [2.05, 4.69) is 24.3 Å². The molecule has 0 unspecified atom stereocenters. The summed E-state index contributed by atoms with van der Waals surface area (Å²) < 4.78 is 10.1. The van der Waals surface area contributed by atoms with Gasteiger partial charge in [0.25, 0.3) is 0 Å². The quantitative estimate of drug-likeness (QED) is 0.278. The van der Waals surface area contributed by atoms with Crippen molar-refractivity contribution in [3.05, 3.63) is 41.5 Å². The fourth-order valence-electron chi connectivity index (χ4n) is 5.07. The average molecular weight is 427 g/mol. The van der Waals surface area contributed by atoms with Crippen LogP contribution in [0.4, 0.5) is 0 Å². The lowest BCUT2D eigenvalue weighted by molar-refractivity contribution is -0.152. The van der Waals surface area contributed by atoms with Gasteiger partial charge in [0.1, 0.15) is 13.2 Å². The molecule has 3 rings (SSSR count). The summed E-state index contributed by atoms with van der Waals surface area (Å²) >= 11 is 0. The van der Waals surface area contributed by atoms with Crippen molar-refractivity contribution in [2.45, 2.75) is 77.6 Å². The van der Waals surface area contributed by atoms with Crippen LogP contribution in [0.25, 0.3) is 6.08 Å². The van der Waals surface area contributed by atoms with E-state index in [1.54, 1.807) is 19.9 Å². The smallest absolute Gasteiger partial charge is 0.330 e. The Morgan fingerprint density at radius 2 is 1.48 bits per heavy atom. The van der Waals surface area contributed by atoms with Crippen LogP contribution in [0.2, 0.25) is 0 Å². The average Bonchev–Trinajstić information content (AvgIpc) is 2.81. The number of hydrogen-bond donors (Lipinski definition) is 0. The standard InChI is InChI=1S/C27H38O4/c1-20(2)27(29)31-19-18-30-26(28)17-10-21-8-11-23(12-9-21)25-15-13-24(14-16-25)22-6-4-3-5-7-22/h8-12,17,20,22,24-25H,3-7,13-16,18-19H2,1-2H3/b17-10+. The number of hydrogen-bond acceptors (Lipinski definition) is 4. The van der Waals surface area contributed by atoms with E-state index < -0.39 is 5.97 Å². The van der Waals surface area contributed by atoms with Crippen molar-refractivity contribution in [3.8, 4) is 0 Å². The van der Waals surface area contributed by atoms with Crippen LogP contribution in [-0.4, -0.2) is 25.2 Å². The zero-order chi connectivity index (χ0) is 22.1. The minimum absolute atomic E-state index is 0.0735. The highest BCUT2D eigenvalue weighted by Gasteiger charge is 2.28. The molecule has 0 aromatic heterocycles. The van der Waals surface area contributed by atoms with Gasteiger partial charge in [-0.3, -0.25) is 4.79 Å². The molecule has 0 spiro atoms. The molecule has 0 atom stereocenters. The molecule has 1 aromatic carbocycles. The first-order chi connectivity index (χ1) is 15.0. The van der Waals surface area contributed by atoms with Crippen LogP contribution < -0.4 is 0 Å². The van der Waals surface area contributed by atoms with Gasteiger partial charge < -0.3 is 9.47 Å². The predicted octanol–water partition coefficient (Wildman–Crippen LogP) is 6.30. The number of esters is 2. The second-order valence-electron chi connectivity index (χ2n) is 9.50. The zero-order valence-electron chi connectivity index (χ0n) is 19.2. The first-order valence-corrected chi connectivity index (χ1v) is 12.1. The lowest BCUT2D eigenvalue weighted by Crippen LogP contribution is -2.23. The molecule has 31 heavy (non-hydrogen) atoms. The third-order valence-corrected chi connectivity index (χ3v) is 6.95. The number of carbonyl (C=O) groups is 2. The van der Waals surface area contributed by atoms with Gasteiger partial charge in [0.15, 0.2) is 0 Å². The van der Waals surface area contributed by atoms with E-state index >= 15 is 0 Å². The lowest BCUT2D eigenvalue weighted by Gasteiger charge is -2.36. The van der Waals surface area contributed by atoms with Crippen LogP contribution in [0.3, 0.4) is 0 Å². The molecular weight excluding hydrogens is 388 g/mol. The molecule has 2 fully saturated rings. The van der Waals surface area contributed by atoms with Gasteiger partial charge in [-0.05, 0) is 60.6 Å². The summed E-state index contributed by atoms with van der Waals surface area (Å²) in [4.78, 5) is 23.2. The Morgan fingerprint density at radius 3 is 2.13 bits per heavy atom. The summed E-state index contributed by atoms with van der Waals surface area (Å²) in [7, 11) is 0. The highest BCUT2D eigenvalue weighted by molar-refractivity contribution is 5.87. The molecule has 1 aromatic rings. The molecule has 0 bridgehead atoms. The summed E-state index contributed by atoms with van der Waals surface area (Å²) in [5.41, 5.74) is 2.41. The largest absolute Gasteiger partial charge is 0.462 e. The van der Waals surface area contributed by atoms with Gasteiger partial charge in [0.05, 0.1) is 5.92 Å². The van der Waals surface area contributed by atoms with Crippen molar-refractivity contribution in [2.24, 2.45) is 17.8 Å². The molecule has 2 saturated carbocycles. The van der Waals surface area contributed by atoms with Crippen LogP contribution in [0, 0.1) is 17.8 Å². The van der Waals surface area contributed by atoms with Crippen molar-refractivity contribution in [1.82, 2.24) is 0 Å². The highest BCUT2D eigenvalue weighted by Crippen LogP contribution is 2.42. The Bertz CT molecular complexity index is 720. The Hall–Kier alpha value is -2.10. The van der Waals surface area contributed by atoms with Crippen LogP contribution >= 0.6 is 0 Å². The molecule has 0 aliphatic heterocycles. The van der Waals surface area contributed by atoms with Crippen LogP contribution in [0.5, 0.6) is 0 Å². The maximum atomic E-state index is 11.8. The third kappa shape index (κ3) is 7.52. The second kappa shape index (κ2) is 12.1. The Labute approximate surface area is 187 Å².